The Morgan fingerprint density at radius 2 is 1.31 bits per heavy atom. The summed E-state index contributed by atoms with van der Waals surface area (Å²) in [5.41, 5.74) is 17.7. The van der Waals surface area contributed by atoms with Crippen LogP contribution in [0.3, 0.4) is 0 Å². The van der Waals surface area contributed by atoms with Crippen LogP contribution in [0.25, 0.3) is 0 Å². The lowest BCUT2D eigenvalue weighted by atomic mass is 10.0. The Bertz CT molecular complexity index is 1750. The third kappa shape index (κ3) is 16.6. The number of aromatic amines is 1. The fraction of sp³-hybridized carbons (Fsp3) is 0.514. The number of aliphatic imine (C=N–C) groups is 1. The number of H-pyrrole nitrogens is 1. The average Bonchev–Trinajstić information content (AvgIpc) is 3.68. The van der Waals surface area contributed by atoms with Gasteiger partial charge in [-0.1, -0.05) is 12.1 Å². The highest BCUT2D eigenvalue weighted by atomic mass is 16.4. The number of carbonyl (C=O) groups excluding carboxylic acids is 6. The molecule has 0 saturated carbocycles. The van der Waals surface area contributed by atoms with Crippen molar-refractivity contribution in [3.8, 4) is 5.75 Å². The van der Waals surface area contributed by atoms with Crippen LogP contribution in [0.15, 0.2) is 41.8 Å². The highest BCUT2D eigenvalue weighted by Gasteiger charge is 2.35. The van der Waals surface area contributed by atoms with E-state index in [1.54, 1.807) is 12.1 Å². The van der Waals surface area contributed by atoms with E-state index in [-0.39, 0.29) is 43.9 Å². The topological polar surface area (TPSA) is 412 Å². The number of carbonyl (C=O) groups is 7. The van der Waals surface area contributed by atoms with Crippen molar-refractivity contribution in [1.29, 1.82) is 0 Å². The van der Waals surface area contributed by atoms with Gasteiger partial charge in [-0.3, -0.25) is 33.8 Å². The van der Waals surface area contributed by atoms with Gasteiger partial charge in [0.2, 0.25) is 35.4 Å². The first-order valence-electron chi connectivity index (χ1n) is 18.3. The summed E-state index contributed by atoms with van der Waals surface area (Å²) in [6.07, 6.45) is -0.770. The lowest BCUT2D eigenvalue weighted by Crippen LogP contribution is -2.62. The number of aromatic hydroxyl groups is 1. The molecule has 0 saturated heterocycles. The second-order valence-corrected chi connectivity index (χ2v) is 13.6. The minimum absolute atomic E-state index is 0.00754. The molecule has 0 aliphatic carbocycles. The maximum atomic E-state index is 13.7. The Morgan fingerprint density at radius 3 is 1.85 bits per heavy atom. The normalized spacial score (nSPS) is 15.6. The number of aliphatic hydroxyl groups excluding tert-OH is 3. The summed E-state index contributed by atoms with van der Waals surface area (Å²) >= 11 is 0. The van der Waals surface area contributed by atoms with Gasteiger partial charge in [0.25, 0.3) is 0 Å². The van der Waals surface area contributed by atoms with Gasteiger partial charge in [-0.25, -0.2) is 9.78 Å². The number of amides is 6. The number of hydrogen-bond donors (Lipinski definition) is 15. The Morgan fingerprint density at radius 1 is 0.746 bits per heavy atom. The number of rotatable bonds is 24. The fourth-order valence-corrected chi connectivity index (χ4v) is 5.29. The summed E-state index contributed by atoms with van der Waals surface area (Å²) in [5, 5.41) is 63.1. The van der Waals surface area contributed by atoms with Crippen molar-refractivity contribution in [2.45, 2.75) is 101 Å². The van der Waals surface area contributed by atoms with Crippen molar-refractivity contribution >= 4 is 47.4 Å². The van der Waals surface area contributed by atoms with Crippen LogP contribution >= 0.6 is 0 Å². The molecule has 0 aliphatic rings. The summed E-state index contributed by atoms with van der Waals surface area (Å²) < 4.78 is 0. The van der Waals surface area contributed by atoms with Gasteiger partial charge in [-0.15, -0.1) is 0 Å². The van der Waals surface area contributed by atoms with Gasteiger partial charge in [0.15, 0.2) is 12.0 Å². The van der Waals surface area contributed by atoms with Crippen molar-refractivity contribution in [2.75, 3.05) is 13.2 Å². The number of aliphatic carboxylic acids is 1. The number of aromatic nitrogens is 2. The van der Waals surface area contributed by atoms with Crippen molar-refractivity contribution in [1.82, 2.24) is 41.9 Å². The van der Waals surface area contributed by atoms with Gasteiger partial charge in [0.05, 0.1) is 31.2 Å². The molecule has 0 aliphatic heterocycles. The lowest BCUT2D eigenvalue weighted by molar-refractivity contribution is -0.145. The zero-order chi connectivity index (χ0) is 44.4. The van der Waals surface area contributed by atoms with E-state index >= 15 is 0 Å². The summed E-state index contributed by atoms with van der Waals surface area (Å²) in [4.78, 5) is 101. The van der Waals surface area contributed by atoms with Crippen molar-refractivity contribution in [3.63, 3.8) is 0 Å². The molecule has 0 spiro atoms. The number of benzene rings is 1. The maximum Gasteiger partial charge on any atom is 0.328 e. The summed E-state index contributed by atoms with van der Waals surface area (Å²) in [7, 11) is 0. The summed E-state index contributed by atoms with van der Waals surface area (Å²) in [6.45, 7) is 2.57. The van der Waals surface area contributed by atoms with Crippen LogP contribution in [0.2, 0.25) is 0 Å². The number of carboxylic acids is 1. The standard InChI is InChI=1S/C35H54N12O12/c1-16(42-29(53)22(36)11-19-6-8-21(51)9-7-19)28(52)45-25(14-48)32(56)46-26(17(2)49)33(57)43-23(5-4-10-40-35(37)38)30(54)44-24(12-20-13-39-15-41-20)31(55)47-27(18(3)50)34(58)59/h6-9,13,15-18,22-27,48-51H,4-5,10-12,14,36H2,1-3H3,(H,39,41)(H,42,53)(H,43,57)(H,44,54)(H,45,52)(H,46,56)(H,47,55)(H,58,59)(H4,37,38,40)/t16-,17+,18+,22-,23-,24-,25-,26-,27-/m0/s1. The number of guanidine groups is 1. The van der Waals surface area contributed by atoms with Gasteiger partial charge >= 0.3 is 5.97 Å². The van der Waals surface area contributed by atoms with E-state index in [0.717, 1.165) is 13.8 Å². The van der Waals surface area contributed by atoms with Crippen molar-refractivity contribution < 1.29 is 59.1 Å². The van der Waals surface area contributed by atoms with Gasteiger partial charge in [0.1, 0.15) is 36.0 Å². The number of nitrogens with two attached hydrogens (primary N) is 3. The number of carboxylic acid groups (broad SMARTS) is 1. The first kappa shape index (κ1) is 48.8. The Hall–Kier alpha value is -6.37. The van der Waals surface area contributed by atoms with Crippen LogP contribution in [0.4, 0.5) is 0 Å². The molecular formula is C35H54N12O12. The molecule has 2 aromatic rings. The van der Waals surface area contributed by atoms with Gasteiger partial charge in [-0.05, 0) is 57.7 Å². The molecule has 6 amide bonds. The van der Waals surface area contributed by atoms with Gasteiger partial charge in [0, 0.05) is 24.9 Å². The van der Waals surface area contributed by atoms with E-state index in [1.165, 1.54) is 31.6 Å². The molecule has 0 fully saturated rings. The Labute approximate surface area is 338 Å². The molecule has 9 atom stereocenters. The number of phenols is 1. The highest BCUT2D eigenvalue weighted by Crippen LogP contribution is 2.11. The molecule has 18 N–H and O–H groups in total. The molecule has 24 heteroatoms. The van der Waals surface area contributed by atoms with Crippen LogP contribution in [0.1, 0.15) is 44.9 Å². The Balaban J connectivity index is 2.20. The zero-order valence-electron chi connectivity index (χ0n) is 32.6. The lowest BCUT2D eigenvalue weighted by Gasteiger charge is -2.28. The fourth-order valence-electron chi connectivity index (χ4n) is 5.29. The van der Waals surface area contributed by atoms with E-state index in [9.17, 15) is 59.1 Å². The molecule has 1 heterocycles. The monoisotopic (exact) mass is 834 g/mol. The number of nitrogens with one attached hydrogen (secondary N) is 7. The molecule has 1 aromatic carbocycles. The number of hydrogen-bond acceptors (Lipinski definition) is 14. The van der Waals surface area contributed by atoms with Gasteiger partial charge in [-0.2, -0.15) is 0 Å². The number of phenolic OH excluding ortho intramolecular Hbond substituents is 1. The third-order valence-corrected chi connectivity index (χ3v) is 8.60. The average molecular weight is 835 g/mol. The first-order chi connectivity index (χ1) is 27.7. The summed E-state index contributed by atoms with van der Waals surface area (Å²) in [6, 6.07) is -4.59. The number of imidazole rings is 1. The quantitative estimate of drug-likeness (QED) is 0.0266. The zero-order valence-corrected chi connectivity index (χ0v) is 32.6. The van der Waals surface area contributed by atoms with Crippen LogP contribution in [0.5, 0.6) is 5.75 Å². The predicted molar refractivity (Wildman–Crippen MR) is 207 cm³/mol. The van der Waals surface area contributed by atoms with E-state index < -0.39 is 103 Å². The van der Waals surface area contributed by atoms with Gasteiger partial charge < -0.3 is 79.6 Å². The predicted octanol–water partition coefficient (Wildman–Crippen LogP) is -5.95. The van der Waals surface area contributed by atoms with Crippen LogP contribution in [0, 0.1) is 0 Å². The highest BCUT2D eigenvalue weighted by molar-refractivity contribution is 5.97. The first-order valence-corrected chi connectivity index (χ1v) is 18.3. The molecule has 326 valence electrons. The van der Waals surface area contributed by atoms with Crippen molar-refractivity contribution in [2.24, 2.45) is 22.2 Å². The molecule has 1 aromatic heterocycles. The van der Waals surface area contributed by atoms with Crippen LogP contribution in [-0.4, -0.2) is 151 Å². The molecule has 24 nitrogen and oxygen atoms in total. The minimum Gasteiger partial charge on any atom is -0.508 e. The third-order valence-electron chi connectivity index (χ3n) is 8.60. The maximum absolute atomic E-state index is 13.7. The molecule has 2 rings (SSSR count). The number of aliphatic hydroxyl groups is 3. The van der Waals surface area contributed by atoms with Crippen molar-refractivity contribution in [3.05, 3.63) is 48.0 Å². The Kier molecular flexibility index (Phi) is 19.6. The van der Waals surface area contributed by atoms with Crippen LogP contribution < -0.4 is 49.1 Å². The number of nitrogens with zero attached hydrogens (tertiary/aromatic N) is 2. The molecule has 0 bridgehead atoms. The molecule has 59 heavy (non-hydrogen) atoms. The van der Waals surface area contributed by atoms with E-state index in [4.69, 9.17) is 17.2 Å². The second kappa shape index (κ2) is 23.8. The van der Waals surface area contributed by atoms with E-state index in [2.05, 4.69) is 46.9 Å². The molecule has 0 unspecified atom stereocenters. The van der Waals surface area contributed by atoms with E-state index in [0.29, 0.717) is 11.3 Å². The smallest absolute Gasteiger partial charge is 0.328 e. The largest absolute Gasteiger partial charge is 0.508 e. The SMILES string of the molecule is C[C@H](NC(=O)[C@@H](N)Cc1ccc(O)cc1)C(=O)N[C@@H](CO)C(=O)N[C@H](C(=O)N[C@@H](CCCN=C(N)N)C(=O)N[C@@H](Cc1cnc[nH]1)C(=O)N[C@H](C(=O)O)[C@@H](C)O)[C@@H](C)O. The van der Waals surface area contributed by atoms with E-state index in [1.807, 2.05) is 0 Å². The molecular weight excluding hydrogens is 780 g/mol. The molecule has 0 radical (unpaired) electrons. The minimum atomic E-state index is -1.79. The second-order valence-electron chi connectivity index (χ2n) is 13.6. The summed E-state index contributed by atoms with van der Waals surface area (Å²) in [5.74, 6) is -7.66. The van der Waals surface area contributed by atoms with Crippen LogP contribution in [-0.2, 0) is 46.4 Å².